The lowest BCUT2D eigenvalue weighted by molar-refractivity contribution is -0.111. The molecule has 0 heterocycles. The molecule has 2 aromatic rings. The molecule has 0 unspecified atom stereocenters. The van der Waals surface area contributed by atoms with Crippen molar-refractivity contribution in [3.05, 3.63) is 66.2 Å². The van der Waals surface area contributed by atoms with E-state index in [0.717, 1.165) is 34.9 Å². The summed E-state index contributed by atoms with van der Waals surface area (Å²) in [5.74, 6) is 0.922. The second-order valence-corrected chi connectivity index (χ2v) is 8.49. The summed E-state index contributed by atoms with van der Waals surface area (Å²) in [6, 6.07) is 19.0. The van der Waals surface area contributed by atoms with Crippen LogP contribution in [-0.2, 0) is 4.79 Å². The summed E-state index contributed by atoms with van der Waals surface area (Å²) in [6.45, 7) is 10.1. The standard InChI is InChI=1S/C24H32N2OS/c1-19(2)26(20(3)4)17-10-18-28-23-14-9-8-13-22(23)25-24(27)16-15-21-11-6-5-7-12-21/h5-9,11-16,19-20H,10,17-18H2,1-4H3,(H,25,27). The number of para-hydroxylation sites is 1. The lowest BCUT2D eigenvalue weighted by Gasteiger charge is -2.30. The van der Waals surface area contributed by atoms with Gasteiger partial charge in [0, 0.05) is 23.1 Å². The van der Waals surface area contributed by atoms with E-state index in [1.165, 1.54) is 0 Å². The summed E-state index contributed by atoms with van der Waals surface area (Å²) in [5, 5.41) is 3.01. The summed E-state index contributed by atoms with van der Waals surface area (Å²) >= 11 is 1.80. The molecule has 0 spiro atoms. The Labute approximate surface area is 174 Å². The topological polar surface area (TPSA) is 32.3 Å². The molecule has 0 fully saturated rings. The van der Waals surface area contributed by atoms with Gasteiger partial charge in [0.25, 0.3) is 0 Å². The molecule has 2 rings (SSSR count). The van der Waals surface area contributed by atoms with Crippen LogP contribution in [-0.4, -0.2) is 35.2 Å². The first-order valence-corrected chi connectivity index (χ1v) is 11.0. The van der Waals surface area contributed by atoms with E-state index < -0.39 is 0 Å². The third kappa shape index (κ3) is 7.53. The number of hydrogen-bond donors (Lipinski definition) is 1. The lowest BCUT2D eigenvalue weighted by atomic mass is 10.2. The van der Waals surface area contributed by atoms with Crippen molar-refractivity contribution in [1.29, 1.82) is 0 Å². The van der Waals surface area contributed by atoms with Crippen LogP contribution in [0.5, 0.6) is 0 Å². The molecule has 0 aliphatic carbocycles. The fraction of sp³-hybridized carbons (Fsp3) is 0.375. The number of rotatable bonds is 10. The second-order valence-electron chi connectivity index (χ2n) is 7.36. The third-order valence-electron chi connectivity index (χ3n) is 4.52. The average Bonchev–Trinajstić information content (AvgIpc) is 2.67. The van der Waals surface area contributed by atoms with Crippen LogP contribution in [0.2, 0.25) is 0 Å². The highest BCUT2D eigenvalue weighted by atomic mass is 32.2. The van der Waals surface area contributed by atoms with Crippen LogP contribution in [0, 0.1) is 0 Å². The Kier molecular flexibility index (Phi) is 9.32. The molecular formula is C24H32N2OS. The van der Waals surface area contributed by atoms with Crippen molar-refractivity contribution in [3.63, 3.8) is 0 Å². The lowest BCUT2D eigenvalue weighted by Crippen LogP contribution is -2.37. The van der Waals surface area contributed by atoms with Crippen LogP contribution in [0.1, 0.15) is 39.7 Å². The Morgan fingerprint density at radius 2 is 1.64 bits per heavy atom. The minimum Gasteiger partial charge on any atom is -0.321 e. The molecule has 0 atom stereocenters. The van der Waals surface area contributed by atoms with Crippen LogP contribution < -0.4 is 5.32 Å². The van der Waals surface area contributed by atoms with E-state index in [-0.39, 0.29) is 5.91 Å². The minimum absolute atomic E-state index is 0.109. The fourth-order valence-electron chi connectivity index (χ4n) is 3.15. The molecule has 0 bridgehead atoms. The maximum Gasteiger partial charge on any atom is 0.248 e. The van der Waals surface area contributed by atoms with Crippen LogP contribution in [0.3, 0.4) is 0 Å². The Morgan fingerprint density at radius 1 is 1.00 bits per heavy atom. The molecule has 0 radical (unpaired) electrons. The first kappa shape index (κ1) is 22.3. The number of carbonyl (C=O) groups is 1. The molecule has 1 N–H and O–H groups in total. The first-order chi connectivity index (χ1) is 13.5. The Balaban J connectivity index is 1.88. The molecule has 1 amide bonds. The predicted octanol–water partition coefficient (Wildman–Crippen LogP) is 5.94. The van der Waals surface area contributed by atoms with Crippen LogP contribution in [0.25, 0.3) is 6.08 Å². The maximum absolute atomic E-state index is 12.3. The van der Waals surface area contributed by atoms with E-state index >= 15 is 0 Å². The van der Waals surface area contributed by atoms with Gasteiger partial charge in [0.1, 0.15) is 0 Å². The summed E-state index contributed by atoms with van der Waals surface area (Å²) in [7, 11) is 0. The number of amides is 1. The van der Waals surface area contributed by atoms with Gasteiger partial charge in [0.2, 0.25) is 5.91 Å². The van der Waals surface area contributed by atoms with E-state index in [9.17, 15) is 4.79 Å². The smallest absolute Gasteiger partial charge is 0.248 e. The molecule has 2 aromatic carbocycles. The van der Waals surface area contributed by atoms with Crippen LogP contribution in [0.15, 0.2) is 65.6 Å². The number of nitrogens with one attached hydrogen (secondary N) is 1. The van der Waals surface area contributed by atoms with Gasteiger partial charge in [-0.05, 0) is 70.2 Å². The van der Waals surface area contributed by atoms with Gasteiger partial charge in [-0.15, -0.1) is 11.8 Å². The molecule has 150 valence electrons. The number of nitrogens with zero attached hydrogens (tertiary/aromatic N) is 1. The summed E-state index contributed by atoms with van der Waals surface area (Å²) in [6.07, 6.45) is 4.54. The molecule has 0 saturated carbocycles. The highest BCUT2D eigenvalue weighted by Crippen LogP contribution is 2.27. The van der Waals surface area contributed by atoms with Crippen molar-refractivity contribution >= 4 is 29.4 Å². The van der Waals surface area contributed by atoms with Crippen molar-refractivity contribution in [2.45, 2.75) is 51.1 Å². The molecule has 0 aliphatic rings. The summed E-state index contributed by atoms with van der Waals surface area (Å²) in [4.78, 5) is 15.9. The highest BCUT2D eigenvalue weighted by molar-refractivity contribution is 7.99. The zero-order valence-electron chi connectivity index (χ0n) is 17.4. The number of anilines is 1. The zero-order chi connectivity index (χ0) is 20.4. The van der Waals surface area contributed by atoms with Gasteiger partial charge in [-0.3, -0.25) is 9.69 Å². The molecule has 3 nitrogen and oxygen atoms in total. The van der Waals surface area contributed by atoms with Crippen molar-refractivity contribution < 1.29 is 4.79 Å². The maximum atomic E-state index is 12.3. The monoisotopic (exact) mass is 396 g/mol. The minimum atomic E-state index is -0.109. The van der Waals surface area contributed by atoms with E-state index in [4.69, 9.17) is 0 Å². The first-order valence-electron chi connectivity index (χ1n) is 9.99. The van der Waals surface area contributed by atoms with E-state index in [1.807, 2.05) is 54.6 Å². The number of benzene rings is 2. The Bertz CT molecular complexity index is 748. The van der Waals surface area contributed by atoms with Crippen molar-refractivity contribution in [1.82, 2.24) is 4.90 Å². The molecule has 28 heavy (non-hydrogen) atoms. The SMILES string of the molecule is CC(C)N(CCCSc1ccccc1NC(=O)C=Cc1ccccc1)C(C)C. The van der Waals surface area contributed by atoms with Gasteiger partial charge in [-0.25, -0.2) is 0 Å². The van der Waals surface area contributed by atoms with Crippen LogP contribution in [0.4, 0.5) is 5.69 Å². The van der Waals surface area contributed by atoms with Gasteiger partial charge in [0.05, 0.1) is 5.69 Å². The predicted molar refractivity (Wildman–Crippen MR) is 123 cm³/mol. The third-order valence-corrected chi connectivity index (χ3v) is 5.68. The zero-order valence-corrected chi connectivity index (χ0v) is 18.2. The number of carbonyl (C=O) groups excluding carboxylic acids is 1. The normalized spacial score (nSPS) is 11.7. The van der Waals surface area contributed by atoms with Crippen molar-refractivity contribution in [3.8, 4) is 0 Å². The molecule has 4 heteroatoms. The van der Waals surface area contributed by atoms with Gasteiger partial charge >= 0.3 is 0 Å². The molecule has 0 aliphatic heterocycles. The largest absolute Gasteiger partial charge is 0.321 e. The van der Waals surface area contributed by atoms with Crippen molar-refractivity contribution in [2.75, 3.05) is 17.6 Å². The van der Waals surface area contributed by atoms with Gasteiger partial charge in [-0.1, -0.05) is 42.5 Å². The number of hydrogen-bond acceptors (Lipinski definition) is 3. The summed E-state index contributed by atoms with van der Waals surface area (Å²) in [5.41, 5.74) is 1.89. The van der Waals surface area contributed by atoms with E-state index in [1.54, 1.807) is 17.8 Å². The molecule has 0 saturated heterocycles. The summed E-state index contributed by atoms with van der Waals surface area (Å²) < 4.78 is 0. The second kappa shape index (κ2) is 11.7. The van der Waals surface area contributed by atoms with Gasteiger partial charge < -0.3 is 5.32 Å². The van der Waals surface area contributed by atoms with E-state index in [2.05, 4.69) is 44.0 Å². The Morgan fingerprint density at radius 3 is 2.32 bits per heavy atom. The average molecular weight is 397 g/mol. The van der Waals surface area contributed by atoms with Gasteiger partial charge in [0.15, 0.2) is 0 Å². The van der Waals surface area contributed by atoms with Gasteiger partial charge in [-0.2, -0.15) is 0 Å². The number of thioether (sulfide) groups is 1. The van der Waals surface area contributed by atoms with Crippen molar-refractivity contribution in [2.24, 2.45) is 0 Å². The Hall–Kier alpha value is -2.04. The molecular weight excluding hydrogens is 364 g/mol. The van der Waals surface area contributed by atoms with E-state index in [0.29, 0.717) is 12.1 Å². The molecule has 0 aromatic heterocycles. The highest BCUT2D eigenvalue weighted by Gasteiger charge is 2.12. The fourth-order valence-corrected chi connectivity index (χ4v) is 4.09. The van der Waals surface area contributed by atoms with Crippen LogP contribution >= 0.6 is 11.8 Å². The quantitative estimate of drug-likeness (QED) is 0.306.